The molecule has 0 N–H and O–H groups in total. The summed E-state index contributed by atoms with van der Waals surface area (Å²) >= 11 is 3.44. The van der Waals surface area contributed by atoms with Gasteiger partial charge in [-0.2, -0.15) is 10.4 Å². The molecule has 0 unspecified atom stereocenters. The van der Waals surface area contributed by atoms with E-state index in [4.69, 9.17) is 0 Å². The average Bonchev–Trinajstić information content (AvgIpc) is 3.00. The summed E-state index contributed by atoms with van der Waals surface area (Å²) in [5, 5.41) is 14.4. The molecule has 1 fully saturated rings. The van der Waals surface area contributed by atoms with E-state index in [-0.39, 0.29) is 11.9 Å². The van der Waals surface area contributed by atoms with Crippen molar-refractivity contribution in [3.05, 3.63) is 51.3 Å². The smallest absolute Gasteiger partial charge is 0.222 e. The lowest BCUT2D eigenvalue weighted by Gasteiger charge is -2.37. The maximum Gasteiger partial charge on any atom is 0.222 e. The molecule has 1 aromatic heterocycles. The Morgan fingerprint density at radius 1 is 1.16 bits per heavy atom. The summed E-state index contributed by atoms with van der Waals surface area (Å²) < 4.78 is 3.08. The number of nitrogens with zero attached hydrogens (tertiary/aromatic N) is 5. The largest absolute Gasteiger partial charge is 0.340 e. The normalized spacial score (nSPS) is 15.8. The summed E-state index contributed by atoms with van der Waals surface area (Å²) in [5.74, 6) is 0.727. The van der Waals surface area contributed by atoms with Crippen LogP contribution in [0, 0.1) is 31.1 Å². The second-order valence-electron chi connectivity index (χ2n) is 8.73. The standard InChI is InChI=1S/C24H32BrN5O/c1-17(2)16-30-19(4)22(18(3)27-30)9-10-24(31)29-13-11-28(12-14-29)23(15-26)20-5-7-21(25)8-6-20/h5-8,17,23H,9-14,16H2,1-4H3/t23-/m1/s1. The summed E-state index contributed by atoms with van der Waals surface area (Å²) in [7, 11) is 0. The number of amides is 1. The van der Waals surface area contributed by atoms with E-state index in [0.717, 1.165) is 28.7 Å². The number of rotatable bonds is 7. The van der Waals surface area contributed by atoms with Crippen LogP contribution in [0.4, 0.5) is 0 Å². The van der Waals surface area contributed by atoms with E-state index in [0.29, 0.717) is 38.5 Å². The molecule has 0 spiro atoms. The van der Waals surface area contributed by atoms with E-state index in [1.165, 1.54) is 11.3 Å². The number of carbonyl (C=O) groups excluding carboxylic acids is 1. The van der Waals surface area contributed by atoms with Crippen LogP contribution in [-0.2, 0) is 17.8 Å². The summed E-state index contributed by atoms with van der Waals surface area (Å²) in [4.78, 5) is 16.9. The molecule has 7 heteroatoms. The Bertz CT molecular complexity index is 936. The van der Waals surface area contributed by atoms with Crippen LogP contribution >= 0.6 is 15.9 Å². The number of aryl methyl sites for hydroxylation is 1. The van der Waals surface area contributed by atoms with Crippen LogP contribution in [0.15, 0.2) is 28.7 Å². The number of aromatic nitrogens is 2. The van der Waals surface area contributed by atoms with E-state index in [2.05, 4.69) is 57.5 Å². The highest BCUT2D eigenvalue weighted by Gasteiger charge is 2.27. The first-order valence-corrected chi connectivity index (χ1v) is 11.8. The second kappa shape index (κ2) is 10.4. The number of benzene rings is 1. The van der Waals surface area contributed by atoms with Gasteiger partial charge >= 0.3 is 0 Å². The fourth-order valence-electron chi connectivity index (χ4n) is 4.25. The molecular weight excluding hydrogens is 454 g/mol. The molecule has 2 heterocycles. The van der Waals surface area contributed by atoms with Crippen LogP contribution in [-0.4, -0.2) is 51.7 Å². The molecule has 31 heavy (non-hydrogen) atoms. The van der Waals surface area contributed by atoms with Gasteiger partial charge in [0.25, 0.3) is 0 Å². The van der Waals surface area contributed by atoms with Crippen LogP contribution in [0.5, 0.6) is 0 Å². The third-order valence-corrected chi connectivity index (χ3v) is 6.53. The number of hydrogen-bond donors (Lipinski definition) is 0. The summed E-state index contributed by atoms with van der Waals surface area (Å²) in [6, 6.07) is 10.1. The highest BCUT2D eigenvalue weighted by Crippen LogP contribution is 2.24. The number of hydrogen-bond acceptors (Lipinski definition) is 4. The fraction of sp³-hybridized carbons (Fsp3) is 0.542. The Labute approximate surface area is 194 Å². The van der Waals surface area contributed by atoms with E-state index in [1.807, 2.05) is 36.1 Å². The number of halogens is 1. The minimum Gasteiger partial charge on any atom is -0.340 e. The van der Waals surface area contributed by atoms with Crippen molar-refractivity contribution >= 4 is 21.8 Å². The van der Waals surface area contributed by atoms with Gasteiger partial charge in [0, 0.05) is 49.3 Å². The van der Waals surface area contributed by atoms with Crippen molar-refractivity contribution < 1.29 is 4.79 Å². The van der Waals surface area contributed by atoms with Crippen LogP contribution in [0.1, 0.15) is 48.8 Å². The zero-order chi connectivity index (χ0) is 22.5. The summed E-state index contributed by atoms with van der Waals surface area (Å²) in [6.45, 7) is 12.2. The second-order valence-corrected chi connectivity index (χ2v) is 9.64. The third-order valence-electron chi connectivity index (χ3n) is 6.00. The van der Waals surface area contributed by atoms with Gasteiger partial charge in [-0.15, -0.1) is 0 Å². The zero-order valence-corrected chi connectivity index (χ0v) is 20.5. The lowest BCUT2D eigenvalue weighted by atomic mass is 10.0. The Kier molecular flexibility index (Phi) is 7.90. The van der Waals surface area contributed by atoms with Gasteiger partial charge < -0.3 is 4.90 Å². The van der Waals surface area contributed by atoms with Crippen LogP contribution < -0.4 is 0 Å². The van der Waals surface area contributed by atoms with Gasteiger partial charge in [-0.3, -0.25) is 14.4 Å². The molecule has 1 saturated heterocycles. The van der Waals surface area contributed by atoms with Crippen molar-refractivity contribution in [2.24, 2.45) is 5.92 Å². The van der Waals surface area contributed by atoms with Gasteiger partial charge in [0.1, 0.15) is 6.04 Å². The monoisotopic (exact) mass is 485 g/mol. The third kappa shape index (κ3) is 5.75. The average molecular weight is 486 g/mol. The molecule has 1 aliphatic rings. The number of piperazine rings is 1. The molecule has 3 rings (SSSR count). The highest BCUT2D eigenvalue weighted by atomic mass is 79.9. The topological polar surface area (TPSA) is 65.2 Å². The van der Waals surface area contributed by atoms with Crippen molar-refractivity contribution in [3.8, 4) is 6.07 Å². The Balaban J connectivity index is 1.54. The molecule has 0 aliphatic carbocycles. The first kappa shape index (κ1) is 23.5. The molecular formula is C24H32BrN5O. The van der Waals surface area contributed by atoms with Crippen molar-refractivity contribution in [1.82, 2.24) is 19.6 Å². The Morgan fingerprint density at radius 2 is 1.81 bits per heavy atom. The number of nitriles is 1. The molecule has 0 saturated carbocycles. The molecule has 1 atom stereocenters. The number of carbonyl (C=O) groups is 1. The quantitative estimate of drug-likeness (QED) is 0.587. The fourth-order valence-corrected chi connectivity index (χ4v) is 4.52. The maximum atomic E-state index is 12.8. The lowest BCUT2D eigenvalue weighted by Crippen LogP contribution is -2.49. The SMILES string of the molecule is Cc1nn(CC(C)C)c(C)c1CCC(=O)N1CCN([C@H](C#N)c2ccc(Br)cc2)CC1. The van der Waals surface area contributed by atoms with Crippen LogP contribution in [0.3, 0.4) is 0 Å². The van der Waals surface area contributed by atoms with Crippen molar-refractivity contribution in [2.75, 3.05) is 26.2 Å². The Morgan fingerprint density at radius 3 is 2.39 bits per heavy atom. The molecule has 1 amide bonds. The van der Waals surface area contributed by atoms with Gasteiger partial charge in [0.05, 0.1) is 11.8 Å². The minimum atomic E-state index is -0.276. The summed E-state index contributed by atoms with van der Waals surface area (Å²) in [6.07, 6.45) is 1.23. The first-order chi connectivity index (χ1) is 14.8. The van der Waals surface area contributed by atoms with E-state index in [1.54, 1.807) is 0 Å². The van der Waals surface area contributed by atoms with Gasteiger partial charge in [-0.1, -0.05) is 41.9 Å². The maximum absolute atomic E-state index is 12.8. The van der Waals surface area contributed by atoms with Crippen molar-refractivity contribution in [1.29, 1.82) is 5.26 Å². The van der Waals surface area contributed by atoms with Gasteiger partial charge in [0.2, 0.25) is 5.91 Å². The lowest BCUT2D eigenvalue weighted by molar-refractivity contribution is -0.133. The molecule has 0 bridgehead atoms. The van der Waals surface area contributed by atoms with Gasteiger partial charge in [0.15, 0.2) is 0 Å². The summed E-state index contributed by atoms with van der Waals surface area (Å²) in [5.41, 5.74) is 4.40. The van der Waals surface area contributed by atoms with E-state index >= 15 is 0 Å². The van der Waals surface area contributed by atoms with Gasteiger partial charge in [-0.25, -0.2) is 0 Å². The predicted molar refractivity (Wildman–Crippen MR) is 126 cm³/mol. The highest BCUT2D eigenvalue weighted by molar-refractivity contribution is 9.10. The molecule has 2 aromatic rings. The molecule has 1 aromatic carbocycles. The Hall–Kier alpha value is -2.17. The van der Waals surface area contributed by atoms with Crippen molar-refractivity contribution in [3.63, 3.8) is 0 Å². The minimum absolute atomic E-state index is 0.187. The molecule has 1 aliphatic heterocycles. The van der Waals surface area contributed by atoms with Gasteiger partial charge in [-0.05, 0) is 49.4 Å². The first-order valence-electron chi connectivity index (χ1n) is 11.0. The molecule has 0 radical (unpaired) electrons. The van der Waals surface area contributed by atoms with Crippen LogP contribution in [0.2, 0.25) is 0 Å². The molecule has 6 nitrogen and oxygen atoms in total. The molecule has 166 valence electrons. The van der Waals surface area contributed by atoms with Crippen molar-refractivity contribution in [2.45, 2.75) is 53.1 Å². The zero-order valence-electron chi connectivity index (χ0n) is 18.9. The van der Waals surface area contributed by atoms with E-state index < -0.39 is 0 Å². The van der Waals surface area contributed by atoms with Crippen LogP contribution in [0.25, 0.3) is 0 Å². The van der Waals surface area contributed by atoms with E-state index in [9.17, 15) is 10.1 Å². The predicted octanol–water partition coefficient (Wildman–Crippen LogP) is 4.26.